The second-order valence-corrected chi connectivity index (χ2v) is 6.12. The summed E-state index contributed by atoms with van der Waals surface area (Å²) in [7, 11) is 1.64. The maximum Gasteiger partial charge on any atom is 0.229 e. The molecule has 1 heterocycles. The predicted molar refractivity (Wildman–Crippen MR) is 100 cm³/mol. The van der Waals surface area contributed by atoms with E-state index in [1.807, 2.05) is 49.4 Å². The van der Waals surface area contributed by atoms with Gasteiger partial charge in [-0.15, -0.1) is 0 Å². The van der Waals surface area contributed by atoms with Crippen LogP contribution in [0.4, 0.5) is 23.1 Å². The first-order valence-electron chi connectivity index (χ1n) is 7.41. The van der Waals surface area contributed by atoms with E-state index in [1.165, 1.54) is 0 Å². The molecule has 0 aliphatic rings. The minimum atomic E-state index is 0.517. The van der Waals surface area contributed by atoms with E-state index in [2.05, 4.69) is 42.6 Å². The number of nitrogens with zero attached hydrogens (tertiary/aromatic N) is 2. The zero-order valence-corrected chi connectivity index (χ0v) is 15.0. The average Bonchev–Trinajstić information content (AvgIpc) is 2.58. The van der Waals surface area contributed by atoms with E-state index >= 15 is 0 Å². The maximum atomic E-state index is 5.22. The molecule has 0 bridgehead atoms. The molecule has 0 saturated heterocycles. The number of hydrogen-bond acceptors (Lipinski definition) is 5. The van der Waals surface area contributed by atoms with Gasteiger partial charge >= 0.3 is 0 Å². The Morgan fingerprint density at radius 1 is 1.04 bits per heavy atom. The molecule has 0 aliphatic heterocycles. The number of aromatic nitrogens is 2. The molecule has 0 saturated carbocycles. The monoisotopic (exact) mass is 384 g/mol. The van der Waals surface area contributed by atoms with Crippen LogP contribution in [0.2, 0.25) is 0 Å². The minimum absolute atomic E-state index is 0.517. The number of anilines is 4. The molecular weight excluding hydrogens is 368 g/mol. The van der Waals surface area contributed by atoms with Crippen LogP contribution in [-0.2, 0) is 0 Å². The van der Waals surface area contributed by atoms with Crippen molar-refractivity contribution in [2.45, 2.75) is 6.92 Å². The molecule has 2 aromatic carbocycles. The van der Waals surface area contributed by atoms with Gasteiger partial charge in [-0.05, 0) is 48.9 Å². The van der Waals surface area contributed by atoms with Gasteiger partial charge in [0.1, 0.15) is 11.6 Å². The van der Waals surface area contributed by atoms with Crippen molar-refractivity contribution in [1.29, 1.82) is 0 Å². The Labute approximate surface area is 149 Å². The summed E-state index contributed by atoms with van der Waals surface area (Å²) in [6.07, 6.45) is 1.71. The molecule has 1 aromatic heterocycles. The Bertz CT molecular complexity index is 854. The van der Waals surface area contributed by atoms with E-state index in [0.717, 1.165) is 33.0 Å². The van der Waals surface area contributed by atoms with E-state index in [0.29, 0.717) is 5.95 Å². The topological polar surface area (TPSA) is 59.1 Å². The predicted octanol–water partition coefficient (Wildman–Crippen LogP) is 5.04. The summed E-state index contributed by atoms with van der Waals surface area (Å²) in [5, 5.41) is 6.49. The van der Waals surface area contributed by atoms with E-state index in [9.17, 15) is 0 Å². The van der Waals surface area contributed by atoms with Gasteiger partial charge in [-0.1, -0.05) is 22.0 Å². The van der Waals surface area contributed by atoms with Crippen LogP contribution in [0, 0.1) is 6.92 Å². The summed E-state index contributed by atoms with van der Waals surface area (Å²) in [4.78, 5) is 8.75. The van der Waals surface area contributed by atoms with Crippen molar-refractivity contribution in [2.75, 3.05) is 17.7 Å². The summed E-state index contributed by atoms with van der Waals surface area (Å²) >= 11 is 3.47. The lowest BCUT2D eigenvalue weighted by molar-refractivity contribution is 0.415. The molecule has 6 heteroatoms. The van der Waals surface area contributed by atoms with Gasteiger partial charge in [0.2, 0.25) is 5.95 Å². The number of ether oxygens (including phenoxy) is 1. The SMILES string of the molecule is COc1cccc(Nc2nccc(Nc3ccc(Br)cc3C)n2)c1. The Morgan fingerprint density at radius 3 is 2.71 bits per heavy atom. The number of halogens is 1. The highest BCUT2D eigenvalue weighted by Crippen LogP contribution is 2.24. The molecule has 0 amide bonds. The van der Waals surface area contributed by atoms with Crippen molar-refractivity contribution in [3.63, 3.8) is 0 Å². The molecule has 2 N–H and O–H groups in total. The molecule has 0 unspecified atom stereocenters. The van der Waals surface area contributed by atoms with Crippen molar-refractivity contribution in [3.8, 4) is 5.75 Å². The lowest BCUT2D eigenvalue weighted by Gasteiger charge is -2.11. The Kier molecular flexibility index (Phi) is 4.96. The number of hydrogen-bond donors (Lipinski definition) is 2. The highest BCUT2D eigenvalue weighted by molar-refractivity contribution is 9.10. The van der Waals surface area contributed by atoms with Crippen LogP contribution in [0.1, 0.15) is 5.56 Å². The molecule has 0 atom stereocenters. The Balaban J connectivity index is 1.78. The van der Waals surface area contributed by atoms with Gasteiger partial charge in [0, 0.05) is 28.1 Å². The van der Waals surface area contributed by atoms with Gasteiger partial charge in [0.05, 0.1) is 7.11 Å². The molecule has 5 nitrogen and oxygen atoms in total. The number of aryl methyl sites for hydroxylation is 1. The normalized spacial score (nSPS) is 10.3. The summed E-state index contributed by atoms with van der Waals surface area (Å²) in [6.45, 7) is 2.05. The summed E-state index contributed by atoms with van der Waals surface area (Å²) < 4.78 is 6.27. The first-order valence-corrected chi connectivity index (χ1v) is 8.20. The fraction of sp³-hybridized carbons (Fsp3) is 0.111. The van der Waals surface area contributed by atoms with Gasteiger partial charge in [-0.25, -0.2) is 4.98 Å². The fourth-order valence-electron chi connectivity index (χ4n) is 2.22. The highest BCUT2D eigenvalue weighted by atomic mass is 79.9. The molecule has 24 heavy (non-hydrogen) atoms. The zero-order valence-electron chi connectivity index (χ0n) is 13.4. The van der Waals surface area contributed by atoms with Gasteiger partial charge < -0.3 is 15.4 Å². The van der Waals surface area contributed by atoms with Crippen molar-refractivity contribution < 1.29 is 4.74 Å². The van der Waals surface area contributed by atoms with E-state index < -0.39 is 0 Å². The number of nitrogens with one attached hydrogen (secondary N) is 2. The van der Waals surface area contributed by atoms with Crippen LogP contribution < -0.4 is 15.4 Å². The Morgan fingerprint density at radius 2 is 1.92 bits per heavy atom. The van der Waals surface area contributed by atoms with Crippen molar-refractivity contribution in [1.82, 2.24) is 9.97 Å². The smallest absolute Gasteiger partial charge is 0.229 e. The Hall–Kier alpha value is -2.60. The highest BCUT2D eigenvalue weighted by Gasteiger charge is 2.04. The third-order valence-electron chi connectivity index (χ3n) is 3.43. The van der Waals surface area contributed by atoms with E-state index in [4.69, 9.17) is 4.74 Å². The molecule has 122 valence electrons. The van der Waals surface area contributed by atoms with Crippen LogP contribution in [0.15, 0.2) is 59.2 Å². The third kappa shape index (κ3) is 4.02. The van der Waals surface area contributed by atoms with Crippen molar-refractivity contribution in [2.24, 2.45) is 0 Å². The van der Waals surface area contributed by atoms with Gasteiger partial charge in [-0.2, -0.15) is 4.98 Å². The quantitative estimate of drug-likeness (QED) is 0.644. The van der Waals surface area contributed by atoms with E-state index in [-0.39, 0.29) is 0 Å². The van der Waals surface area contributed by atoms with Crippen LogP contribution >= 0.6 is 15.9 Å². The first-order chi connectivity index (χ1) is 11.6. The van der Waals surface area contributed by atoms with Crippen LogP contribution in [-0.4, -0.2) is 17.1 Å². The lowest BCUT2D eigenvalue weighted by atomic mass is 10.2. The average molecular weight is 385 g/mol. The lowest BCUT2D eigenvalue weighted by Crippen LogP contribution is -2.01. The summed E-state index contributed by atoms with van der Waals surface area (Å²) in [6, 6.07) is 15.5. The third-order valence-corrected chi connectivity index (χ3v) is 3.93. The molecule has 3 aromatic rings. The second-order valence-electron chi connectivity index (χ2n) is 5.21. The standard InChI is InChI=1S/C18H17BrN4O/c1-12-10-13(19)6-7-16(12)22-17-8-9-20-18(23-17)21-14-4-3-5-15(11-14)24-2/h3-11H,1-2H3,(H2,20,21,22,23). The van der Waals surface area contributed by atoms with Crippen molar-refractivity contribution >= 4 is 39.1 Å². The fourth-order valence-corrected chi connectivity index (χ4v) is 2.70. The van der Waals surface area contributed by atoms with Crippen molar-refractivity contribution in [3.05, 3.63) is 64.8 Å². The van der Waals surface area contributed by atoms with Crippen LogP contribution in [0.25, 0.3) is 0 Å². The number of rotatable bonds is 5. The van der Waals surface area contributed by atoms with Gasteiger partial charge in [-0.3, -0.25) is 0 Å². The first kappa shape index (κ1) is 16.3. The minimum Gasteiger partial charge on any atom is -0.497 e. The van der Waals surface area contributed by atoms with Crippen LogP contribution in [0.5, 0.6) is 5.75 Å². The van der Waals surface area contributed by atoms with Gasteiger partial charge in [0.25, 0.3) is 0 Å². The molecule has 0 aliphatic carbocycles. The maximum absolute atomic E-state index is 5.22. The number of methoxy groups -OCH3 is 1. The number of benzene rings is 2. The molecule has 3 rings (SSSR count). The van der Waals surface area contributed by atoms with Gasteiger partial charge in [0.15, 0.2) is 0 Å². The van der Waals surface area contributed by atoms with Crippen LogP contribution in [0.3, 0.4) is 0 Å². The summed E-state index contributed by atoms with van der Waals surface area (Å²) in [5.41, 5.74) is 3.00. The summed E-state index contributed by atoms with van der Waals surface area (Å²) in [5.74, 6) is 2.02. The zero-order chi connectivity index (χ0) is 16.9. The largest absolute Gasteiger partial charge is 0.497 e. The molecule has 0 fully saturated rings. The molecule has 0 spiro atoms. The second kappa shape index (κ2) is 7.31. The molecule has 0 radical (unpaired) electrons. The van der Waals surface area contributed by atoms with E-state index in [1.54, 1.807) is 13.3 Å². The molecular formula is C18H17BrN4O.